The SMILES string of the molecule is CCNc1nc(Oc2cccc(F)c2)c2[nH]cnc2n1. The van der Waals surface area contributed by atoms with Gasteiger partial charge in [0.25, 0.3) is 5.88 Å². The van der Waals surface area contributed by atoms with Crippen molar-refractivity contribution in [1.82, 2.24) is 19.9 Å². The van der Waals surface area contributed by atoms with Crippen LogP contribution in [0.3, 0.4) is 0 Å². The summed E-state index contributed by atoms with van der Waals surface area (Å²) in [6, 6.07) is 5.86. The fraction of sp³-hybridized carbons (Fsp3) is 0.154. The van der Waals surface area contributed by atoms with Gasteiger partial charge in [-0.25, -0.2) is 9.37 Å². The normalized spacial score (nSPS) is 10.7. The van der Waals surface area contributed by atoms with Crippen molar-refractivity contribution in [1.29, 1.82) is 0 Å². The molecule has 3 rings (SSSR count). The van der Waals surface area contributed by atoms with Crippen LogP contribution in [0.4, 0.5) is 10.3 Å². The Morgan fingerprint density at radius 3 is 3.05 bits per heavy atom. The molecule has 0 saturated heterocycles. The summed E-state index contributed by atoms with van der Waals surface area (Å²) in [5, 5.41) is 3.00. The molecule has 6 nitrogen and oxygen atoms in total. The maximum atomic E-state index is 13.2. The first kappa shape index (κ1) is 12.3. The Morgan fingerprint density at radius 2 is 2.25 bits per heavy atom. The number of aromatic nitrogens is 4. The van der Waals surface area contributed by atoms with Crippen molar-refractivity contribution in [3.63, 3.8) is 0 Å². The van der Waals surface area contributed by atoms with Gasteiger partial charge in [-0.05, 0) is 19.1 Å². The predicted octanol–water partition coefficient (Wildman–Crippen LogP) is 2.72. The van der Waals surface area contributed by atoms with Gasteiger partial charge in [0.2, 0.25) is 5.95 Å². The number of nitrogens with zero attached hydrogens (tertiary/aromatic N) is 3. The Kier molecular flexibility index (Phi) is 3.16. The van der Waals surface area contributed by atoms with E-state index in [1.807, 2.05) is 6.92 Å². The molecule has 2 N–H and O–H groups in total. The maximum absolute atomic E-state index is 13.2. The highest BCUT2D eigenvalue weighted by molar-refractivity contribution is 5.77. The molecule has 0 atom stereocenters. The molecule has 0 bridgehead atoms. The first-order valence-corrected chi connectivity index (χ1v) is 6.14. The minimum atomic E-state index is -0.371. The lowest BCUT2D eigenvalue weighted by Gasteiger charge is -2.07. The van der Waals surface area contributed by atoms with Crippen LogP contribution < -0.4 is 10.1 Å². The van der Waals surface area contributed by atoms with Crippen molar-refractivity contribution in [3.8, 4) is 11.6 Å². The second-order valence-electron chi connectivity index (χ2n) is 4.04. The fourth-order valence-electron chi connectivity index (χ4n) is 1.76. The van der Waals surface area contributed by atoms with Crippen molar-refractivity contribution >= 4 is 17.1 Å². The maximum Gasteiger partial charge on any atom is 0.250 e. The number of aromatic amines is 1. The van der Waals surface area contributed by atoms with Crippen LogP contribution in [0.25, 0.3) is 11.2 Å². The van der Waals surface area contributed by atoms with E-state index in [0.29, 0.717) is 35.3 Å². The Balaban J connectivity index is 2.02. The third kappa shape index (κ3) is 2.37. The van der Waals surface area contributed by atoms with E-state index < -0.39 is 0 Å². The van der Waals surface area contributed by atoms with E-state index in [9.17, 15) is 4.39 Å². The Bertz CT molecular complexity index is 742. The van der Waals surface area contributed by atoms with Crippen molar-refractivity contribution in [2.24, 2.45) is 0 Å². The lowest BCUT2D eigenvalue weighted by atomic mass is 10.3. The molecule has 3 aromatic rings. The van der Waals surface area contributed by atoms with E-state index in [-0.39, 0.29) is 5.82 Å². The average molecular weight is 273 g/mol. The molecule has 102 valence electrons. The molecule has 0 fully saturated rings. The molecular formula is C13H12FN5O. The summed E-state index contributed by atoms with van der Waals surface area (Å²) in [4.78, 5) is 15.5. The number of fused-ring (bicyclic) bond motifs is 1. The van der Waals surface area contributed by atoms with Gasteiger partial charge in [-0.15, -0.1) is 0 Å². The molecule has 0 aliphatic rings. The lowest BCUT2D eigenvalue weighted by Crippen LogP contribution is -2.03. The largest absolute Gasteiger partial charge is 0.437 e. The monoisotopic (exact) mass is 273 g/mol. The van der Waals surface area contributed by atoms with Crippen LogP contribution in [0, 0.1) is 5.82 Å². The second kappa shape index (κ2) is 5.12. The fourth-order valence-corrected chi connectivity index (χ4v) is 1.76. The molecule has 0 aliphatic carbocycles. The minimum Gasteiger partial charge on any atom is -0.437 e. The molecule has 2 heterocycles. The zero-order chi connectivity index (χ0) is 13.9. The van der Waals surface area contributed by atoms with Crippen LogP contribution in [0.15, 0.2) is 30.6 Å². The zero-order valence-corrected chi connectivity index (χ0v) is 10.7. The third-order valence-corrected chi connectivity index (χ3v) is 2.60. The number of rotatable bonds is 4. The van der Waals surface area contributed by atoms with Crippen molar-refractivity contribution < 1.29 is 9.13 Å². The highest BCUT2D eigenvalue weighted by Gasteiger charge is 2.12. The van der Waals surface area contributed by atoms with Gasteiger partial charge >= 0.3 is 0 Å². The number of ether oxygens (including phenoxy) is 1. The van der Waals surface area contributed by atoms with Crippen LogP contribution >= 0.6 is 0 Å². The van der Waals surface area contributed by atoms with Gasteiger partial charge in [0.05, 0.1) is 6.33 Å². The Morgan fingerprint density at radius 1 is 1.35 bits per heavy atom. The smallest absolute Gasteiger partial charge is 0.250 e. The van der Waals surface area contributed by atoms with E-state index in [4.69, 9.17) is 4.74 Å². The number of H-pyrrole nitrogens is 1. The van der Waals surface area contributed by atoms with Gasteiger partial charge in [-0.2, -0.15) is 9.97 Å². The van der Waals surface area contributed by atoms with E-state index in [1.165, 1.54) is 18.5 Å². The van der Waals surface area contributed by atoms with Crippen LogP contribution in [0.2, 0.25) is 0 Å². The molecule has 0 amide bonds. The Hall–Kier alpha value is -2.70. The quantitative estimate of drug-likeness (QED) is 0.764. The van der Waals surface area contributed by atoms with Gasteiger partial charge in [-0.1, -0.05) is 6.07 Å². The summed E-state index contributed by atoms with van der Waals surface area (Å²) in [6.07, 6.45) is 1.51. The van der Waals surface area contributed by atoms with Crippen molar-refractivity contribution in [3.05, 3.63) is 36.4 Å². The summed E-state index contributed by atoms with van der Waals surface area (Å²) >= 11 is 0. The van der Waals surface area contributed by atoms with E-state index in [1.54, 1.807) is 12.1 Å². The summed E-state index contributed by atoms with van der Waals surface area (Å²) in [5.74, 6) is 0.707. The second-order valence-corrected chi connectivity index (χ2v) is 4.04. The molecular weight excluding hydrogens is 261 g/mol. The average Bonchev–Trinajstić information content (AvgIpc) is 2.87. The number of nitrogens with one attached hydrogen (secondary N) is 2. The van der Waals surface area contributed by atoms with Crippen molar-refractivity contribution in [2.45, 2.75) is 6.92 Å². The highest BCUT2D eigenvalue weighted by atomic mass is 19.1. The lowest BCUT2D eigenvalue weighted by molar-refractivity contribution is 0.463. The predicted molar refractivity (Wildman–Crippen MR) is 72.3 cm³/mol. The van der Waals surface area contributed by atoms with Crippen LogP contribution in [-0.4, -0.2) is 26.5 Å². The first-order valence-electron chi connectivity index (χ1n) is 6.14. The number of imidazole rings is 1. The van der Waals surface area contributed by atoms with Gasteiger partial charge in [0.1, 0.15) is 17.1 Å². The molecule has 20 heavy (non-hydrogen) atoms. The molecule has 0 radical (unpaired) electrons. The highest BCUT2D eigenvalue weighted by Crippen LogP contribution is 2.26. The molecule has 0 spiro atoms. The number of anilines is 1. The minimum absolute atomic E-state index is 0.300. The molecule has 0 aliphatic heterocycles. The zero-order valence-electron chi connectivity index (χ0n) is 10.7. The van der Waals surface area contributed by atoms with Crippen LogP contribution in [0.5, 0.6) is 11.6 Å². The first-order chi connectivity index (χ1) is 9.76. The summed E-state index contributed by atoms with van der Waals surface area (Å²) in [7, 11) is 0. The van der Waals surface area contributed by atoms with E-state index in [0.717, 1.165) is 0 Å². The third-order valence-electron chi connectivity index (χ3n) is 2.60. The van der Waals surface area contributed by atoms with Gasteiger partial charge in [0.15, 0.2) is 5.65 Å². The number of benzene rings is 1. The van der Waals surface area contributed by atoms with E-state index >= 15 is 0 Å². The summed E-state index contributed by atoms with van der Waals surface area (Å²) < 4.78 is 18.8. The van der Waals surface area contributed by atoms with Crippen molar-refractivity contribution in [2.75, 3.05) is 11.9 Å². The standard InChI is InChI=1S/C13H12FN5O/c1-2-15-13-18-11-10(16-7-17-11)12(19-13)20-9-5-3-4-8(14)6-9/h3-7H,2H2,1H3,(H2,15,16,17,18,19). The topological polar surface area (TPSA) is 75.7 Å². The molecule has 0 unspecified atom stereocenters. The Labute approximate surface area is 114 Å². The molecule has 1 aromatic carbocycles. The molecule has 0 saturated carbocycles. The number of hydrogen-bond donors (Lipinski definition) is 2. The van der Waals surface area contributed by atoms with Gasteiger partial charge in [-0.3, -0.25) is 0 Å². The summed E-state index contributed by atoms with van der Waals surface area (Å²) in [6.45, 7) is 2.61. The van der Waals surface area contributed by atoms with E-state index in [2.05, 4.69) is 25.3 Å². The molecule has 2 aromatic heterocycles. The number of halogens is 1. The number of hydrogen-bond acceptors (Lipinski definition) is 5. The van der Waals surface area contributed by atoms with Gasteiger partial charge < -0.3 is 15.0 Å². The van der Waals surface area contributed by atoms with Crippen LogP contribution in [-0.2, 0) is 0 Å². The molecule has 7 heteroatoms. The van der Waals surface area contributed by atoms with Gasteiger partial charge in [0, 0.05) is 12.6 Å². The van der Waals surface area contributed by atoms with Crippen LogP contribution in [0.1, 0.15) is 6.92 Å². The summed E-state index contributed by atoms with van der Waals surface area (Å²) in [5.41, 5.74) is 1.05.